The second-order valence-corrected chi connectivity index (χ2v) is 4.90. The van der Waals surface area contributed by atoms with E-state index in [1.54, 1.807) is 4.90 Å². The van der Waals surface area contributed by atoms with Crippen molar-refractivity contribution in [2.24, 2.45) is 0 Å². The molecule has 2 rings (SSSR count). The molecule has 0 saturated heterocycles. The van der Waals surface area contributed by atoms with Gasteiger partial charge in [-0.25, -0.2) is 0 Å². The Morgan fingerprint density at radius 3 is 2.53 bits per heavy atom. The molecule has 0 heterocycles. The highest BCUT2D eigenvalue weighted by molar-refractivity contribution is 7.80. The van der Waals surface area contributed by atoms with E-state index in [9.17, 15) is 4.79 Å². The summed E-state index contributed by atoms with van der Waals surface area (Å²) < 4.78 is 0. The van der Waals surface area contributed by atoms with Crippen molar-refractivity contribution >= 4 is 18.5 Å². The van der Waals surface area contributed by atoms with Crippen LogP contribution in [0.1, 0.15) is 18.4 Å². The van der Waals surface area contributed by atoms with Crippen LogP contribution in [-0.4, -0.2) is 35.1 Å². The third-order valence-electron chi connectivity index (χ3n) is 2.94. The topological polar surface area (TPSA) is 40.5 Å². The highest BCUT2D eigenvalue weighted by Gasteiger charge is 2.31. The lowest BCUT2D eigenvalue weighted by molar-refractivity contribution is -0.131. The molecule has 0 radical (unpaired) electrons. The second kappa shape index (κ2) is 5.56. The Kier molecular flexibility index (Phi) is 4.07. The summed E-state index contributed by atoms with van der Waals surface area (Å²) in [5.41, 5.74) is 0.997. The van der Waals surface area contributed by atoms with Gasteiger partial charge in [-0.1, -0.05) is 12.1 Å². The summed E-state index contributed by atoms with van der Waals surface area (Å²) in [7, 11) is 0. The van der Waals surface area contributed by atoms with E-state index in [0.29, 0.717) is 19.0 Å². The standard InChI is InChI=1S/C13H17NO2S/c15-8-7-14(11-3-4-11)13(16)9-10-1-5-12(17)6-2-10/h1-2,5-6,11,15,17H,3-4,7-9H2. The van der Waals surface area contributed by atoms with E-state index in [0.717, 1.165) is 23.3 Å². The first kappa shape index (κ1) is 12.5. The molecule has 4 heteroatoms. The van der Waals surface area contributed by atoms with E-state index in [-0.39, 0.29) is 12.5 Å². The number of benzene rings is 1. The number of hydrogen-bond donors (Lipinski definition) is 2. The zero-order valence-electron chi connectivity index (χ0n) is 9.67. The number of aliphatic hydroxyl groups is 1. The SMILES string of the molecule is O=C(Cc1ccc(S)cc1)N(CCO)C1CC1. The van der Waals surface area contributed by atoms with Crippen molar-refractivity contribution in [3.05, 3.63) is 29.8 Å². The summed E-state index contributed by atoms with van der Waals surface area (Å²) in [6, 6.07) is 7.98. The van der Waals surface area contributed by atoms with Crippen LogP contribution in [-0.2, 0) is 11.2 Å². The van der Waals surface area contributed by atoms with Gasteiger partial charge in [-0.3, -0.25) is 4.79 Å². The molecule has 0 aromatic heterocycles. The van der Waals surface area contributed by atoms with Gasteiger partial charge >= 0.3 is 0 Å². The van der Waals surface area contributed by atoms with Gasteiger partial charge in [0.1, 0.15) is 0 Å². The summed E-state index contributed by atoms with van der Waals surface area (Å²) in [5.74, 6) is 0.105. The Labute approximate surface area is 107 Å². The molecule has 1 N–H and O–H groups in total. The fourth-order valence-corrected chi connectivity index (χ4v) is 2.04. The van der Waals surface area contributed by atoms with Gasteiger partial charge in [-0.05, 0) is 30.5 Å². The summed E-state index contributed by atoms with van der Waals surface area (Å²) in [4.78, 5) is 14.8. The second-order valence-electron chi connectivity index (χ2n) is 4.39. The van der Waals surface area contributed by atoms with Gasteiger partial charge in [0.2, 0.25) is 5.91 Å². The Morgan fingerprint density at radius 1 is 1.35 bits per heavy atom. The first-order valence-electron chi connectivity index (χ1n) is 5.89. The number of thiol groups is 1. The molecule has 0 bridgehead atoms. The minimum atomic E-state index is 0.0395. The molecule has 1 aliphatic carbocycles. The quantitative estimate of drug-likeness (QED) is 0.779. The zero-order chi connectivity index (χ0) is 12.3. The fourth-order valence-electron chi connectivity index (χ4n) is 1.89. The molecule has 1 fully saturated rings. The molecule has 1 amide bonds. The average Bonchev–Trinajstić information content (AvgIpc) is 3.13. The van der Waals surface area contributed by atoms with Crippen molar-refractivity contribution in [2.45, 2.75) is 30.2 Å². The Hall–Kier alpha value is -1.00. The van der Waals surface area contributed by atoms with E-state index >= 15 is 0 Å². The first-order chi connectivity index (χ1) is 8.20. The zero-order valence-corrected chi connectivity index (χ0v) is 10.6. The number of amides is 1. The third-order valence-corrected chi connectivity index (χ3v) is 3.24. The van der Waals surface area contributed by atoms with Gasteiger partial charge in [-0.2, -0.15) is 0 Å². The number of carbonyl (C=O) groups is 1. The van der Waals surface area contributed by atoms with Crippen LogP contribution in [0.2, 0.25) is 0 Å². The summed E-state index contributed by atoms with van der Waals surface area (Å²) in [6.45, 7) is 0.492. The smallest absolute Gasteiger partial charge is 0.227 e. The van der Waals surface area contributed by atoms with E-state index in [1.165, 1.54) is 0 Å². The fraction of sp³-hybridized carbons (Fsp3) is 0.462. The van der Waals surface area contributed by atoms with E-state index in [1.807, 2.05) is 24.3 Å². The van der Waals surface area contributed by atoms with Gasteiger partial charge in [0, 0.05) is 17.5 Å². The molecular weight excluding hydrogens is 234 g/mol. The van der Waals surface area contributed by atoms with Crippen molar-refractivity contribution < 1.29 is 9.90 Å². The monoisotopic (exact) mass is 251 g/mol. The third kappa shape index (κ3) is 3.48. The number of carbonyl (C=O) groups excluding carboxylic acids is 1. The molecule has 0 unspecified atom stereocenters. The molecule has 0 spiro atoms. The van der Waals surface area contributed by atoms with Crippen LogP contribution in [0, 0.1) is 0 Å². The van der Waals surface area contributed by atoms with E-state index in [4.69, 9.17) is 5.11 Å². The van der Waals surface area contributed by atoms with Crippen molar-refractivity contribution in [1.82, 2.24) is 4.90 Å². The highest BCUT2D eigenvalue weighted by atomic mass is 32.1. The normalized spacial score (nSPS) is 14.7. The lowest BCUT2D eigenvalue weighted by atomic mass is 10.1. The maximum absolute atomic E-state index is 12.1. The van der Waals surface area contributed by atoms with Crippen LogP contribution >= 0.6 is 12.6 Å². The summed E-state index contributed by atoms with van der Waals surface area (Å²) in [6.07, 6.45) is 2.55. The van der Waals surface area contributed by atoms with Gasteiger partial charge in [0.25, 0.3) is 0 Å². The molecule has 1 aromatic carbocycles. The number of aliphatic hydroxyl groups excluding tert-OH is 1. The van der Waals surface area contributed by atoms with Gasteiger partial charge in [0.05, 0.1) is 13.0 Å². The molecule has 1 aliphatic rings. The van der Waals surface area contributed by atoms with Gasteiger partial charge < -0.3 is 10.0 Å². The minimum Gasteiger partial charge on any atom is -0.395 e. The highest BCUT2D eigenvalue weighted by Crippen LogP contribution is 2.27. The molecule has 0 atom stereocenters. The van der Waals surface area contributed by atoms with Crippen molar-refractivity contribution in [3.8, 4) is 0 Å². The summed E-state index contributed by atoms with van der Waals surface area (Å²) >= 11 is 4.21. The van der Waals surface area contributed by atoms with E-state index < -0.39 is 0 Å². The molecule has 3 nitrogen and oxygen atoms in total. The van der Waals surface area contributed by atoms with Gasteiger partial charge in [-0.15, -0.1) is 12.6 Å². The molecule has 0 aliphatic heterocycles. The Balaban J connectivity index is 1.96. The maximum Gasteiger partial charge on any atom is 0.227 e. The van der Waals surface area contributed by atoms with Crippen LogP contribution in [0.5, 0.6) is 0 Å². The van der Waals surface area contributed by atoms with Crippen LogP contribution in [0.25, 0.3) is 0 Å². The molecule has 1 saturated carbocycles. The van der Waals surface area contributed by atoms with Gasteiger partial charge in [0.15, 0.2) is 0 Å². The first-order valence-corrected chi connectivity index (χ1v) is 6.33. The number of nitrogens with zero attached hydrogens (tertiary/aromatic N) is 1. The van der Waals surface area contributed by atoms with E-state index in [2.05, 4.69) is 12.6 Å². The number of hydrogen-bond acceptors (Lipinski definition) is 3. The lowest BCUT2D eigenvalue weighted by Crippen LogP contribution is -2.36. The Bertz CT molecular complexity index is 387. The van der Waals surface area contributed by atoms with Crippen molar-refractivity contribution in [1.29, 1.82) is 0 Å². The average molecular weight is 251 g/mol. The van der Waals surface area contributed by atoms with Crippen molar-refractivity contribution in [3.63, 3.8) is 0 Å². The minimum absolute atomic E-state index is 0.0395. The predicted molar refractivity (Wildman–Crippen MR) is 69.2 cm³/mol. The molecular formula is C13H17NO2S. The Morgan fingerprint density at radius 2 is 2.00 bits per heavy atom. The predicted octanol–water partition coefficient (Wildman–Crippen LogP) is 1.50. The maximum atomic E-state index is 12.1. The molecule has 1 aromatic rings. The molecule has 92 valence electrons. The summed E-state index contributed by atoms with van der Waals surface area (Å²) in [5, 5.41) is 8.96. The van der Waals surface area contributed by atoms with Crippen LogP contribution in [0.4, 0.5) is 0 Å². The van der Waals surface area contributed by atoms with Crippen molar-refractivity contribution in [2.75, 3.05) is 13.2 Å². The van der Waals surface area contributed by atoms with Crippen LogP contribution in [0.3, 0.4) is 0 Å². The van der Waals surface area contributed by atoms with Crippen LogP contribution in [0.15, 0.2) is 29.2 Å². The molecule has 17 heavy (non-hydrogen) atoms. The van der Waals surface area contributed by atoms with Crippen LogP contribution < -0.4 is 0 Å². The largest absolute Gasteiger partial charge is 0.395 e. The lowest BCUT2D eigenvalue weighted by Gasteiger charge is -2.21. The number of rotatable bonds is 5.